The number of morpholine rings is 1. The third-order valence-electron chi connectivity index (χ3n) is 6.49. The first kappa shape index (κ1) is 26.7. The number of rotatable bonds is 8. The molecule has 2 aromatic rings. The lowest BCUT2D eigenvalue weighted by Gasteiger charge is -2.36. The van der Waals surface area contributed by atoms with Crippen molar-refractivity contribution in [2.75, 3.05) is 69.2 Å². The normalized spacial score (nSPS) is 18.6. The molecule has 4 rings (SSSR count). The summed E-state index contributed by atoms with van der Waals surface area (Å²) in [6.45, 7) is 9.45. The summed E-state index contributed by atoms with van der Waals surface area (Å²) in [7, 11) is -3.72. The Morgan fingerprint density at radius 3 is 2.36 bits per heavy atom. The number of anilines is 2. The maximum atomic E-state index is 13.3. The van der Waals surface area contributed by atoms with Gasteiger partial charge in [-0.25, -0.2) is 8.42 Å². The average Bonchev–Trinajstić information content (AvgIpc) is 2.90. The van der Waals surface area contributed by atoms with Gasteiger partial charge in [-0.15, -0.1) is 0 Å². The third kappa shape index (κ3) is 6.30. The molecule has 0 spiro atoms. The van der Waals surface area contributed by atoms with Gasteiger partial charge in [0.1, 0.15) is 5.75 Å². The van der Waals surface area contributed by atoms with Gasteiger partial charge in [-0.05, 0) is 55.9 Å². The molecular formula is C25H33ClN4O5S. The highest BCUT2D eigenvalue weighted by Gasteiger charge is 2.29. The molecule has 2 heterocycles. The number of ether oxygens (including phenoxy) is 2. The van der Waals surface area contributed by atoms with Crippen LogP contribution in [0.25, 0.3) is 0 Å². The van der Waals surface area contributed by atoms with Gasteiger partial charge in [0.15, 0.2) is 6.10 Å². The van der Waals surface area contributed by atoms with E-state index in [0.29, 0.717) is 42.8 Å². The monoisotopic (exact) mass is 536 g/mol. The lowest BCUT2D eigenvalue weighted by molar-refractivity contribution is -0.122. The summed E-state index contributed by atoms with van der Waals surface area (Å²) in [6, 6.07) is 11.7. The molecule has 2 aliphatic rings. The quantitative estimate of drug-likeness (QED) is 0.554. The SMILES string of the molecule is CCN1CCN(c2ccc(S(=O)(=O)N3CCOCC3)cc2NC(=O)[C@@H](C)Oc2ccc(Cl)cc2)CC1. The smallest absolute Gasteiger partial charge is 0.265 e. The van der Waals surface area contributed by atoms with Crippen LogP contribution in [0.1, 0.15) is 13.8 Å². The van der Waals surface area contributed by atoms with Crippen molar-refractivity contribution in [1.82, 2.24) is 9.21 Å². The van der Waals surface area contributed by atoms with Crippen LogP contribution in [0.4, 0.5) is 11.4 Å². The van der Waals surface area contributed by atoms with Crippen LogP contribution in [-0.4, -0.2) is 88.7 Å². The molecular weight excluding hydrogens is 504 g/mol. The molecule has 2 fully saturated rings. The van der Waals surface area contributed by atoms with E-state index in [2.05, 4.69) is 22.0 Å². The predicted octanol–water partition coefficient (Wildman–Crippen LogP) is 2.91. The Morgan fingerprint density at radius 1 is 1.06 bits per heavy atom. The zero-order valence-electron chi connectivity index (χ0n) is 20.7. The number of sulfonamides is 1. The molecule has 0 unspecified atom stereocenters. The fraction of sp³-hybridized carbons (Fsp3) is 0.480. The van der Waals surface area contributed by atoms with Gasteiger partial charge in [0, 0.05) is 44.3 Å². The van der Waals surface area contributed by atoms with E-state index in [9.17, 15) is 13.2 Å². The van der Waals surface area contributed by atoms with Crippen molar-refractivity contribution in [2.45, 2.75) is 24.8 Å². The first-order valence-corrected chi connectivity index (χ1v) is 14.0. The molecule has 0 aromatic heterocycles. The van der Waals surface area contributed by atoms with Crippen molar-refractivity contribution in [3.8, 4) is 5.75 Å². The van der Waals surface area contributed by atoms with Gasteiger partial charge in [0.05, 0.1) is 29.5 Å². The number of hydrogen-bond donors (Lipinski definition) is 1. The number of hydrogen-bond acceptors (Lipinski definition) is 7. The Hall–Kier alpha value is -2.37. The van der Waals surface area contributed by atoms with E-state index in [1.807, 2.05) is 0 Å². The number of carbonyl (C=O) groups excluding carboxylic acids is 1. The fourth-order valence-electron chi connectivity index (χ4n) is 4.30. The highest BCUT2D eigenvalue weighted by molar-refractivity contribution is 7.89. The summed E-state index contributed by atoms with van der Waals surface area (Å²) in [5.41, 5.74) is 1.24. The molecule has 2 aliphatic heterocycles. The van der Waals surface area contributed by atoms with Crippen LogP contribution in [0.5, 0.6) is 5.75 Å². The zero-order valence-corrected chi connectivity index (χ0v) is 22.2. The van der Waals surface area contributed by atoms with Gasteiger partial charge in [-0.3, -0.25) is 4.79 Å². The molecule has 1 atom stereocenters. The Morgan fingerprint density at radius 2 is 1.72 bits per heavy atom. The molecule has 2 saturated heterocycles. The van der Waals surface area contributed by atoms with Crippen molar-refractivity contribution < 1.29 is 22.7 Å². The predicted molar refractivity (Wildman–Crippen MR) is 141 cm³/mol. The highest BCUT2D eigenvalue weighted by atomic mass is 35.5. The zero-order chi connectivity index (χ0) is 25.7. The van der Waals surface area contributed by atoms with Crippen LogP contribution < -0.4 is 15.0 Å². The molecule has 0 radical (unpaired) electrons. The fourth-order valence-corrected chi connectivity index (χ4v) is 5.86. The largest absolute Gasteiger partial charge is 0.481 e. The first-order chi connectivity index (χ1) is 17.3. The average molecular weight is 537 g/mol. The van der Waals surface area contributed by atoms with E-state index in [0.717, 1.165) is 38.4 Å². The van der Waals surface area contributed by atoms with E-state index >= 15 is 0 Å². The van der Waals surface area contributed by atoms with Gasteiger partial charge in [-0.1, -0.05) is 18.5 Å². The summed E-state index contributed by atoms with van der Waals surface area (Å²) in [6.07, 6.45) is -0.810. The minimum atomic E-state index is -3.72. The number of likely N-dealkylation sites (N-methyl/N-ethyl adjacent to an activating group) is 1. The number of halogens is 1. The second-order valence-corrected chi connectivity index (χ2v) is 11.2. The number of nitrogens with zero attached hydrogens (tertiary/aromatic N) is 3. The summed E-state index contributed by atoms with van der Waals surface area (Å²) >= 11 is 5.93. The number of benzene rings is 2. The summed E-state index contributed by atoms with van der Waals surface area (Å²) in [5, 5.41) is 3.50. The molecule has 0 bridgehead atoms. The van der Waals surface area contributed by atoms with Gasteiger partial charge in [-0.2, -0.15) is 4.31 Å². The molecule has 2 aromatic carbocycles. The Balaban J connectivity index is 1.58. The Kier molecular flexibility index (Phi) is 8.74. The first-order valence-electron chi connectivity index (χ1n) is 12.2. The molecule has 0 saturated carbocycles. The second kappa shape index (κ2) is 11.8. The Labute approximate surface area is 218 Å². The maximum absolute atomic E-state index is 13.3. The lowest BCUT2D eigenvalue weighted by atomic mass is 10.2. The molecule has 1 amide bonds. The Bertz CT molecular complexity index is 1150. The van der Waals surface area contributed by atoms with Crippen LogP contribution in [-0.2, 0) is 19.6 Å². The maximum Gasteiger partial charge on any atom is 0.265 e. The minimum absolute atomic E-state index is 0.141. The van der Waals surface area contributed by atoms with E-state index < -0.39 is 16.1 Å². The molecule has 1 N–H and O–H groups in total. The van der Waals surface area contributed by atoms with Crippen LogP contribution in [0.3, 0.4) is 0 Å². The van der Waals surface area contributed by atoms with Crippen molar-refractivity contribution in [1.29, 1.82) is 0 Å². The third-order valence-corrected chi connectivity index (χ3v) is 8.64. The summed E-state index contributed by atoms with van der Waals surface area (Å²) < 4.78 is 39.1. The van der Waals surface area contributed by atoms with E-state index in [-0.39, 0.29) is 10.8 Å². The van der Waals surface area contributed by atoms with Crippen LogP contribution in [0.2, 0.25) is 5.02 Å². The minimum Gasteiger partial charge on any atom is -0.481 e. The molecule has 36 heavy (non-hydrogen) atoms. The molecule has 9 nitrogen and oxygen atoms in total. The van der Waals surface area contributed by atoms with Gasteiger partial charge in [0.2, 0.25) is 10.0 Å². The van der Waals surface area contributed by atoms with Crippen molar-refractivity contribution in [2.24, 2.45) is 0 Å². The van der Waals surface area contributed by atoms with Crippen LogP contribution in [0.15, 0.2) is 47.4 Å². The highest BCUT2D eigenvalue weighted by Crippen LogP contribution is 2.31. The summed E-state index contributed by atoms with van der Waals surface area (Å²) in [4.78, 5) is 17.8. The lowest BCUT2D eigenvalue weighted by Crippen LogP contribution is -2.46. The standard InChI is InChI=1S/C25H33ClN4O5S/c1-3-28-10-12-29(13-11-28)24-9-8-22(36(32,33)30-14-16-34-17-15-30)18-23(24)27-25(31)19(2)35-21-6-4-20(26)5-7-21/h4-9,18-19H,3,10-17H2,1-2H3,(H,27,31)/t19-/m1/s1. The van der Waals surface area contributed by atoms with Crippen molar-refractivity contribution in [3.63, 3.8) is 0 Å². The van der Waals surface area contributed by atoms with E-state index in [1.165, 1.54) is 4.31 Å². The van der Waals surface area contributed by atoms with E-state index in [1.54, 1.807) is 49.4 Å². The number of piperazine rings is 1. The molecule has 196 valence electrons. The van der Waals surface area contributed by atoms with Gasteiger partial charge < -0.3 is 24.6 Å². The van der Waals surface area contributed by atoms with Gasteiger partial charge in [0.25, 0.3) is 5.91 Å². The van der Waals surface area contributed by atoms with Crippen molar-refractivity contribution in [3.05, 3.63) is 47.5 Å². The van der Waals surface area contributed by atoms with Crippen LogP contribution >= 0.6 is 11.6 Å². The number of nitrogens with one attached hydrogen (secondary N) is 1. The second-order valence-electron chi connectivity index (χ2n) is 8.82. The molecule has 0 aliphatic carbocycles. The van der Waals surface area contributed by atoms with E-state index in [4.69, 9.17) is 21.1 Å². The van der Waals surface area contributed by atoms with Gasteiger partial charge >= 0.3 is 0 Å². The number of amides is 1. The summed E-state index contributed by atoms with van der Waals surface area (Å²) in [5.74, 6) is 0.140. The molecule has 11 heteroatoms. The topological polar surface area (TPSA) is 91.4 Å². The van der Waals surface area contributed by atoms with Crippen LogP contribution in [0, 0.1) is 0 Å². The van der Waals surface area contributed by atoms with Crippen molar-refractivity contribution >= 4 is 38.9 Å². The number of carbonyl (C=O) groups is 1.